The van der Waals surface area contributed by atoms with Gasteiger partial charge in [-0.25, -0.2) is 9.97 Å². The molecule has 0 amide bonds. The zero-order valence-electron chi connectivity index (χ0n) is 10.7. The highest BCUT2D eigenvalue weighted by atomic mass is 16.5. The van der Waals surface area contributed by atoms with E-state index in [2.05, 4.69) is 20.2 Å². The third-order valence-corrected chi connectivity index (χ3v) is 2.46. The number of nitrogens with zero attached hydrogens (tertiary/aromatic N) is 3. The Morgan fingerprint density at radius 2 is 2.00 bits per heavy atom. The van der Waals surface area contributed by atoms with E-state index in [4.69, 9.17) is 4.74 Å². The summed E-state index contributed by atoms with van der Waals surface area (Å²) in [6.45, 7) is 5.42. The second-order valence-electron chi connectivity index (χ2n) is 3.73. The van der Waals surface area contributed by atoms with Crippen LogP contribution in [0.3, 0.4) is 0 Å². The second-order valence-corrected chi connectivity index (χ2v) is 3.73. The van der Waals surface area contributed by atoms with Crippen LogP contribution in [-0.4, -0.2) is 44.3 Å². The van der Waals surface area contributed by atoms with Gasteiger partial charge in [-0.15, -0.1) is 0 Å². The topological polar surface area (TPSA) is 50.3 Å². The lowest BCUT2D eigenvalue weighted by atomic mass is 10.3. The molecule has 0 aromatic carbocycles. The van der Waals surface area contributed by atoms with E-state index in [1.807, 2.05) is 27.9 Å². The summed E-state index contributed by atoms with van der Waals surface area (Å²) in [5.74, 6) is 2.61. The molecular formula is C11H20N4O. The summed E-state index contributed by atoms with van der Waals surface area (Å²) in [6, 6.07) is 0. The van der Waals surface area contributed by atoms with Crippen molar-refractivity contribution in [3.63, 3.8) is 0 Å². The first kappa shape index (κ1) is 12.7. The Morgan fingerprint density at radius 3 is 2.56 bits per heavy atom. The summed E-state index contributed by atoms with van der Waals surface area (Å²) in [5.41, 5.74) is 1.06. The monoisotopic (exact) mass is 224 g/mol. The number of hydrogen-bond donors (Lipinski definition) is 1. The molecule has 1 heterocycles. The summed E-state index contributed by atoms with van der Waals surface area (Å²) in [6.07, 6.45) is 0. The molecule has 1 aromatic heterocycles. The number of rotatable bonds is 5. The Labute approximate surface area is 96.8 Å². The van der Waals surface area contributed by atoms with Gasteiger partial charge in [0.05, 0.1) is 6.61 Å². The van der Waals surface area contributed by atoms with E-state index in [1.165, 1.54) is 0 Å². The van der Waals surface area contributed by atoms with E-state index in [-0.39, 0.29) is 0 Å². The highest BCUT2D eigenvalue weighted by Crippen LogP contribution is 2.21. The molecule has 1 rings (SSSR count). The van der Waals surface area contributed by atoms with E-state index >= 15 is 0 Å². The van der Waals surface area contributed by atoms with Crippen molar-refractivity contribution in [2.45, 2.75) is 13.8 Å². The highest BCUT2D eigenvalue weighted by molar-refractivity contribution is 5.58. The Morgan fingerprint density at radius 1 is 1.31 bits per heavy atom. The predicted octanol–water partition coefficient (Wildman–Crippen LogP) is 1.22. The van der Waals surface area contributed by atoms with Gasteiger partial charge in [-0.2, -0.15) is 0 Å². The van der Waals surface area contributed by atoms with Crippen molar-refractivity contribution in [1.29, 1.82) is 0 Å². The van der Waals surface area contributed by atoms with Crippen molar-refractivity contribution < 1.29 is 4.74 Å². The minimum atomic E-state index is 0.688. The van der Waals surface area contributed by atoms with Crippen LogP contribution in [0.15, 0.2) is 0 Å². The maximum Gasteiger partial charge on any atom is 0.137 e. The SMILES string of the molecule is CNc1nc(C)nc(N(C)CCOC)c1C. The minimum Gasteiger partial charge on any atom is -0.383 e. The van der Waals surface area contributed by atoms with Crippen molar-refractivity contribution in [3.05, 3.63) is 11.4 Å². The quantitative estimate of drug-likeness (QED) is 0.815. The number of methoxy groups -OCH3 is 1. The van der Waals surface area contributed by atoms with Crippen molar-refractivity contribution in [1.82, 2.24) is 9.97 Å². The van der Waals surface area contributed by atoms with Crippen molar-refractivity contribution in [2.75, 3.05) is 44.6 Å². The lowest BCUT2D eigenvalue weighted by Crippen LogP contribution is -2.24. The number of nitrogens with one attached hydrogen (secondary N) is 1. The van der Waals surface area contributed by atoms with Gasteiger partial charge in [0.15, 0.2) is 0 Å². The van der Waals surface area contributed by atoms with Crippen molar-refractivity contribution >= 4 is 11.6 Å². The molecule has 90 valence electrons. The molecule has 0 radical (unpaired) electrons. The number of anilines is 2. The molecule has 0 aliphatic heterocycles. The molecule has 1 N–H and O–H groups in total. The molecule has 0 aliphatic rings. The second kappa shape index (κ2) is 5.65. The normalized spacial score (nSPS) is 10.3. The number of aromatic nitrogens is 2. The maximum absolute atomic E-state index is 5.06. The zero-order chi connectivity index (χ0) is 12.1. The molecule has 0 saturated heterocycles. The number of hydrogen-bond acceptors (Lipinski definition) is 5. The molecule has 0 aliphatic carbocycles. The van der Waals surface area contributed by atoms with E-state index in [0.717, 1.165) is 29.6 Å². The van der Waals surface area contributed by atoms with Crippen LogP contribution in [-0.2, 0) is 4.74 Å². The first-order valence-electron chi connectivity index (χ1n) is 5.33. The Hall–Kier alpha value is -1.36. The molecule has 1 aromatic rings. The van der Waals surface area contributed by atoms with Crippen LogP contribution in [0, 0.1) is 13.8 Å². The van der Waals surface area contributed by atoms with Crippen LogP contribution in [0.4, 0.5) is 11.6 Å². The van der Waals surface area contributed by atoms with Crippen LogP contribution in [0.5, 0.6) is 0 Å². The average Bonchev–Trinajstić information content (AvgIpc) is 2.28. The van der Waals surface area contributed by atoms with Gasteiger partial charge in [-0.05, 0) is 13.8 Å². The van der Waals surface area contributed by atoms with Crippen molar-refractivity contribution in [3.8, 4) is 0 Å². The van der Waals surface area contributed by atoms with Gasteiger partial charge in [0.25, 0.3) is 0 Å². The average molecular weight is 224 g/mol. The van der Waals surface area contributed by atoms with Gasteiger partial charge in [-0.1, -0.05) is 0 Å². The van der Waals surface area contributed by atoms with Crippen LogP contribution in [0.2, 0.25) is 0 Å². The summed E-state index contributed by atoms with van der Waals surface area (Å²) < 4.78 is 5.06. The predicted molar refractivity (Wildman–Crippen MR) is 66.2 cm³/mol. The van der Waals surface area contributed by atoms with E-state index in [0.29, 0.717) is 6.61 Å². The summed E-state index contributed by atoms with van der Waals surface area (Å²) in [5, 5.41) is 3.08. The molecule has 0 unspecified atom stereocenters. The highest BCUT2D eigenvalue weighted by Gasteiger charge is 2.11. The third-order valence-electron chi connectivity index (χ3n) is 2.46. The Kier molecular flexibility index (Phi) is 4.49. The zero-order valence-corrected chi connectivity index (χ0v) is 10.7. The first-order valence-corrected chi connectivity index (χ1v) is 5.33. The molecule has 5 heteroatoms. The van der Waals surface area contributed by atoms with Crippen LogP contribution in [0.1, 0.15) is 11.4 Å². The van der Waals surface area contributed by atoms with Gasteiger partial charge in [-0.3, -0.25) is 0 Å². The Balaban J connectivity index is 2.98. The lowest BCUT2D eigenvalue weighted by molar-refractivity contribution is 0.206. The van der Waals surface area contributed by atoms with Crippen LogP contribution >= 0.6 is 0 Å². The number of aryl methyl sites for hydroxylation is 1. The molecule has 5 nitrogen and oxygen atoms in total. The molecule has 0 fully saturated rings. The Bertz CT molecular complexity index is 354. The molecular weight excluding hydrogens is 204 g/mol. The van der Waals surface area contributed by atoms with Crippen molar-refractivity contribution in [2.24, 2.45) is 0 Å². The van der Waals surface area contributed by atoms with E-state index in [1.54, 1.807) is 7.11 Å². The first-order chi connectivity index (χ1) is 7.60. The largest absolute Gasteiger partial charge is 0.383 e. The summed E-state index contributed by atoms with van der Waals surface area (Å²) >= 11 is 0. The van der Waals surface area contributed by atoms with Gasteiger partial charge in [0.2, 0.25) is 0 Å². The third kappa shape index (κ3) is 2.82. The van der Waals surface area contributed by atoms with Crippen LogP contribution in [0.25, 0.3) is 0 Å². The van der Waals surface area contributed by atoms with Crippen LogP contribution < -0.4 is 10.2 Å². The number of likely N-dealkylation sites (N-methyl/N-ethyl adjacent to an activating group) is 1. The molecule has 0 spiro atoms. The van der Waals surface area contributed by atoms with Gasteiger partial charge >= 0.3 is 0 Å². The summed E-state index contributed by atoms with van der Waals surface area (Å²) in [7, 11) is 5.58. The minimum absolute atomic E-state index is 0.688. The summed E-state index contributed by atoms with van der Waals surface area (Å²) in [4.78, 5) is 10.9. The molecule has 0 saturated carbocycles. The fourth-order valence-corrected chi connectivity index (χ4v) is 1.56. The smallest absolute Gasteiger partial charge is 0.137 e. The molecule has 16 heavy (non-hydrogen) atoms. The standard InChI is InChI=1S/C11H20N4O/c1-8-10(12-3)13-9(2)14-11(8)15(4)6-7-16-5/h6-7H2,1-5H3,(H,12,13,14). The van der Waals surface area contributed by atoms with E-state index in [9.17, 15) is 0 Å². The lowest BCUT2D eigenvalue weighted by Gasteiger charge is -2.21. The fraction of sp³-hybridized carbons (Fsp3) is 0.636. The van der Waals surface area contributed by atoms with Gasteiger partial charge in [0.1, 0.15) is 17.5 Å². The molecule has 0 atom stereocenters. The van der Waals surface area contributed by atoms with E-state index < -0.39 is 0 Å². The molecule has 0 bridgehead atoms. The fourth-order valence-electron chi connectivity index (χ4n) is 1.56. The van der Waals surface area contributed by atoms with Gasteiger partial charge < -0.3 is 15.0 Å². The maximum atomic E-state index is 5.06. The van der Waals surface area contributed by atoms with Gasteiger partial charge in [0, 0.05) is 33.3 Å². The number of ether oxygens (including phenoxy) is 1.